The Balaban J connectivity index is 1.91. The molecule has 0 aliphatic carbocycles. The first-order valence-electron chi connectivity index (χ1n) is 11.2. The molecule has 2 N–H and O–H groups in total. The number of aliphatic hydroxyl groups excluding tert-OH is 1. The van der Waals surface area contributed by atoms with Gasteiger partial charge < -0.3 is 24.6 Å². The van der Waals surface area contributed by atoms with Crippen LogP contribution in [0.2, 0.25) is 0 Å². The van der Waals surface area contributed by atoms with E-state index in [1.165, 1.54) is 31.1 Å². The van der Waals surface area contributed by atoms with Crippen LogP contribution in [0.25, 0.3) is 0 Å². The molecule has 1 aliphatic rings. The molecule has 1 atom stereocenters. The molecule has 10 nitrogen and oxygen atoms in total. The van der Waals surface area contributed by atoms with Gasteiger partial charge in [0, 0.05) is 17.3 Å². The van der Waals surface area contributed by atoms with Crippen LogP contribution in [0.15, 0.2) is 83.1 Å². The zero-order valence-corrected chi connectivity index (χ0v) is 19.9. The van der Waals surface area contributed by atoms with Crippen LogP contribution in [-0.2, 0) is 30.4 Å². The third-order valence-corrected chi connectivity index (χ3v) is 5.38. The van der Waals surface area contributed by atoms with Crippen LogP contribution in [0.4, 0.5) is 5.69 Å². The number of carbonyl (C=O) groups is 1. The topological polar surface area (TPSA) is 137 Å². The molecule has 1 heterocycles. The van der Waals surface area contributed by atoms with Crippen LogP contribution in [0, 0.1) is 10.1 Å². The summed E-state index contributed by atoms with van der Waals surface area (Å²) in [5.41, 5.74) is 0.981. The van der Waals surface area contributed by atoms with Crippen LogP contribution < -0.4 is 5.32 Å². The molecule has 0 radical (unpaired) electrons. The quantitative estimate of drug-likeness (QED) is 0.119. The van der Waals surface area contributed by atoms with E-state index >= 15 is 0 Å². The van der Waals surface area contributed by atoms with Crippen molar-refractivity contribution in [3.63, 3.8) is 0 Å². The van der Waals surface area contributed by atoms with Crippen LogP contribution in [0.5, 0.6) is 0 Å². The lowest BCUT2D eigenvalue weighted by Crippen LogP contribution is -2.32. The predicted octanol–water partition coefficient (Wildman–Crippen LogP) is 3.84. The summed E-state index contributed by atoms with van der Waals surface area (Å²) >= 11 is 0. The summed E-state index contributed by atoms with van der Waals surface area (Å²) in [5.74, 6) is -1.31. The minimum absolute atomic E-state index is 0.0365. The molecule has 188 valence electrons. The summed E-state index contributed by atoms with van der Waals surface area (Å²) in [6.07, 6.45) is 0. The van der Waals surface area contributed by atoms with Crippen molar-refractivity contribution < 1.29 is 33.8 Å². The lowest BCUT2D eigenvalue weighted by Gasteiger charge is -2.31. The molecule has 2 aromatic carbocycles. The summed E-state index contributed by atoms with van der Waals surface area (Å²) in [6, 6.07) is 15.4. The molecular formula is C26H26N2O8. The number of para-hydroxylation sites is 1. The lowest BCUT2D eigenvalue weighted by atomic mass is 9.83. The first-order chi connectivity index (χ1) is 17.4. The molecule has 0 amide bonds. The van der Waals surface area contributed by atoms with Gasteiger partial charge in [-0.05, 0) is 19.4 Å². The molecule has 1 aliphatic heterocycles. The number of aliphatic hydroxyl groups is 1. The minimum atomic E-state index is -1.13. The van der Waals surface area contributed by atoms with E-state index < -0.39 is 22.6 Å². The van der Waals surface area contributed by atoms with Crippen LogP contribution in [-0.4, -0.2) is 41.8 Å². The van der Waals surface area contributed by atoms with Gasteiger partial charge in [0.15, 0.2) is 5.94 Å². The van der Waals surface area contributed by atoms with E-state index in [1.807, 2.05) is 30.3 Å². The molecule has 0 spiro atoms. The highest BCUT2D eigenvalue weighted by atomic mass is 16.6. The summed E-state index contributed by atoms with van der Waals surface area (Å²) in [5, 5.41) is 24.7. The fourth-order valence-electron chi connectivity index (χ4n) is 3.85. The summed E-state index contributed by atoms with van der Waals surface area (Å²) in [6.45, 7) is 3.70. The van der Waals surface area contributed by atoms with Gasteiger partial charge in [-0.25, -0.2) is 9.59 Å². The average Bonchev–Trinajstić information content (AvgIpc) is 2.89. The standard InChI is InChI=1S/C26H26N2O8/c1-3-35-25-23(19-11-7-8-12-20(19)28(32)33)22(17(2)27-24(25)21(30)15-29)26(31)36-14-13-34-16-18-9-5-4-6-10-18/h4-12,23,27,30H,3,13-14,16H2,1-2H3. The second-order valence-electron chi connectivity index (χ2n) is 7.71. The molecule has 10 heteroatoms. The van der Waals surface area contributed by atoms with Gasteiger partial charge in [-0.2, -0.15) is 0 Å². The first-order valence-corrected chi connectivity index (χ1v) is 11.2. The number of allylic oxidation sites excluding steroid dienone is 2. The maximum atomic E-state index is 13.2. The Kier molecular flexibility index (Phi) is 8.99. The van der Waals surface area contributed by atoms with Crippen molar-refractivity contribution in [2.75, 3.05) is 19.8 Å². The van der Waals surface area contributed by atoms with E-state index in [0.717, 1.165) is 5.56 Å². The smallest absolute Gasteiger partial charge is 0.336 e. The Morgan fingerprint density at radius 3 is 2.50 bits per heavy atom. The molecule has 3 rings (SSSR count). The zero-order valence-electron chi connectivity index (χ0n) is 19.9. The van der Waals surface area contributed by atoms with Gasteiger partial charge >= 0.3 is 5.97 Å². The van der Waals surface area contributed by atoms with E-state index in [9.17, 15) is 24.8 Å². The Labute approximate surface area is 207 Å². The van der Waals surface area contributed by atoms with E-state index in [1.54, 1.807) is 13.0 Å². The number of hydrogen-bond acceptors (Lipinski definition) is 9. The van der Waals surface area contributed by atoms with Crippen molar-refractivity contribution in [3.8, 4) is 0 Å². The number of hydrogen-bond donors (Lipinski definition) is 2. The number of nitrogens with zero attached hydrogens (tertiary/aromatic N) is 1. The molecule has 2 aromatic rings. The van der Waals surface area contributed by atoms with Crippen molar-refractivity contribution >= 4 is 17.6 Å². The summed E-state index contributed by atoms with van der Waals surface area (Å²) in [7, 11) is 0. The number of ether oxygens (including phenoxy) is 3. The second kappa shape index (κ2) is 12.3. The molecule has 0 bridgehead atoms. The fraction of sp³-hybridized carbons (Fsp3) is 0.269. The van der Waals surface area contributed by atoms with Gasteiger partial charge in [-0.3, -0.25) is 10.1 Å². The molecular weight excluding hydrogens is 468 g/mol. The molecule has 36 heavy (non-hydrogen) atoms. The minimum Gasteiger partial charge on any atom is -0.497 e. The van der Waals surface area contributed by atoms with Crippen LogP contribution >= 0.6 is 0 Å². The van der Waals surface area contributed by atoms with Crippen molar-refractivity contribution in [3.05, 3.63) is 104 Å². The van der Waals surface area contributed by atoms with Crippen molar-refractivity contribution in [2.24, 2.45) is 0 Å². The Bertz CT molecular complexity index is 1230. The third kappa shape index (κ3) is 5.99. The van der Waals surface area contributed by atoms with Crippen LogP contribution in [0.1, 0.15) is 30.9 Å². The van der Waals surface area contributed by atoms with E-state index in [0.29, 0.717) is 6.61 Å². The Hall–Kier alpha value is -4.40. The van der Waals surface area contributed by atoms with Gasteiger partial charge in [-0.1, -0.05) is 48.5 Å². The predicted molar refractivity (Wildman–Crippen MR) is 129 cm³/mol. The van der Waals surface area contributed by atoms with Crippen molar-refractivity contribution in [1.82, 2.24) is 5.32 Å². The number of benzene rings is 2. The average molecular weight is 495 g/mol. The van der Waals surface area contributed by atoms with Crippen molar-refractivity contribution in [2.45, 2.75) is 26.4 Å². The number of carbonyl (C=O) groups excluding carboxylic acids is 2. The third-order valence-electron chi connectivity index (χ3n) is 5.38. The molecule has 1 unspecified atom stereocenters. The first kappa shape index (κ1) is 26.2. The highest BCUT2D eigenvalue weighted by Gasteiger charge is 2.40. The second-order valence-corrected chi connectivity index (χ2v) is 7.71. The fourth-order valence-corrected chi connectivity index (χ4v) is 3.85. The monoisotopic (exact) mass is 494 g/mol. The largest absolute Gasteiger partial charge is 0.497 e. The van der Waals surface area contributed by atoms with Crippen molar-refractivity contribution in [1.29, 1.82) is 0 Å². The Morgan fingerprint density at radius 1 is 1.14 bits per heavy atom. The van der Waals surface area contributed by atoms with E-state index in [-0.39, 0.29) is 53.8 Å². The number of rotatable bonds is 11. The van der Waals surface area contributed by atoms with E-state index in [2.05, 4.69) is 5.32 Å². The number of esters is 1. The molecule has 0 aromatic heterocycles. The summed E-state index contributed by atoms with van der Waals surface area (Å²) < 4.78 is 16.7. The maximum absolute atomic E-state index is 13.2. The molecule has 0 saturated carbocycles. The normalized spacial score (nSPS) is 15.1. The molecule has 0 fully saturated rings. The SMILES string of the molecule is CCOC1=C(C(O)=C=O)NC(C)=C(C(=O)OCCOCc2ccccc2)C1c1ccccc1[N+](=O)[O-]. The highest BCUT2D eigenvalue weighted by molar-refractivity contribution is 5.93. The van der Waals surface area contributed by atoms with Gasteiger partial charge in [-0.15, -0.1) is 0 Å². The Morgan fingerprint density at radius 2 is 1.83 bits per heavy atom. The number of nitrogens with one attached hydrogen (secondary N) is 1. The van der Waals surface area contributed by atoms with Gasteiger partial charge in [0.2, 0.25) is 5.76 Å². The highest BCUT2D eigenvalue weighted by Crippen LogP contribution is 2.43. The summed E-state index contributed by atoms with van der Waals surface area (Å²) in [4.78, 5) is 35.7. The van der Waals surface area contributed by atoms with E-state index in [4.69, 9.17) is 14.2 Å². The van der Waals surface area contributed by atoms with Gasteiger partial charge in [0.05, 0.1) is 36.2 Å². The maximum Gasteiger partial charge on any atom is 0.336 e. The number of nitro groups is 1. The van der Waals surface area contributed by atoms with Crippen LogP contribution in [0.3, 0.4) is 0 Å². The van der Waals surface area contributed by atoms with Gasteiger partial charge in [0.1, 0.15) is 18.1 Å². The number of dihydropyridines is 1. The number of nitro benzene ring substituents is 1. The molecule has 0 saturated heterocycles. The van der Waals surface area contributed by atoms with Gasteiger partial charge in [0.25, 0.3) is 5.69 Å². The zero-order chi connectivity index (χ0) is 26.1. The lowest BCUT2D eigenvalue weighted by molar-refractivity contribution is -0.385.